The molecule has 0 bridgehead atoms. The van der Waals surface area contributed by atoms with Crippen LogP contribution in [-0.4, -0.2) is 24.6 Å². The van der Waals surface area contributed by atoms with E-state index in [-0.39, 0.29) is 0 Å². The molecule has 15 heavy (non-hydrogen) atoms. The van der Waals surface area contributed by atoms with Crippen LogP contribution in [-0.2, 0) is 0 Å². The van der Waals surface area contributed by atoms with E-state index in [1.807, 2.05) is 18.5 Å². The Kier molecular flexibility index (Phi) is 3.56. The van der Waals surface area contributed by atoms with Gasteiger partial charge in [0.1, 0.15) is 0 Å². The first-order chi connectivity index (χ1) is 7.36. The van der Waals surface area contributed by atoms with Gasteiger partial charge in [0.2, 0.25) is 0 Å². The second kappa shape index (κ2) is 5.12. The van der Waals surface area contributed by atoms with Crippen LogP contribution in [0.4, 0.5) is 5.69 Å². The van der Waals surface area contributed by atoms with Crippen LogP contribution in [0, 0.1) is 12.8 Å². The van der Waals surface area contributed by atoms with E-state index in [2.05, 4.69) is 22.5 Å². The van der Waals surface area contributed by atoms with Crippen molar-refractivity contribution in [2.75, 3.05) is 25.0 Å². The zero-order valence-corrected chi connectivity index (χ0v) is 9.29. The van der Waals surface area contributed by atoms with Crippen LogP contribution in [0.15, 0.2) is 18.5 Å². The van der Waals surface area contributed by atoms with Gasteiger partial charge >= 0.3 is 0 Å². The zero-order valence-electron chi connectivity index (χ0n) is 9.29. The maximum absolute atomic E-state index is 4.08. The molecule has 3 heteroatoms. The molecule has 1 fully saturated rings. The lowest BCUT2D eigenvalue weighted by molar-refractivity contribution is 0.549. The number of nitrogens with one attached hydrogen (secondary N) is 2. The van der Waals surface area contributed by atoms with E-state index < -0.39 is 0 Å². The topological polar surface area (TPSA) is 37.0 Å². The van der Waals surface area contributed by atoms with Gasteiger partial charge in [0, 0.05) is 24.6 Å². The van der Waals surface area contributed by atoms with E-state index in [0.29, 0.717) is 0 Å². The van der Waals surface area contributed by atoms with Crippen molar-refractivity contribution in [2.45, 2.75) is 19.8 Å². The number of pyridine rings is 1. The quantitative estimate of drug-likeness (QED) is 0.787. The Morgan fingerprint density at radius 2 is 2.53 bits per heavy atom. The third-order valence-electron chi connectivity index (χ3n) is 3.05. The van der Waals surface area contributed by atoms with Gasteiger partial charge < -0.3 is 10.6 Å². The average Bonchev–Trinajstić information content (AvgIpc) is 2.74. The van der Waals surface area contributed by atoms with Crippen molar-refractivity contribution < 1.29 is 0 Å². The smallest absolute Gasteiger partial charge is 0.0400 e. The van der Waals surface area contributed by atoms with E-state index in [1.165, 1.54) is 37.2 Å². The third kappa shape index (κ3) is 2.93. The van der Waals surface area contributed by atoms with Crippen molar-refractivity contribution in [3.05, 3.63) is 24.0 Å². The molecule has 0 saturated carbocycles. The monoisotopic (exact) mass is 205 g/mol. The Morgan fingerprint density at radius 3 is 3.27 bits per heavy atom. The number of aryl methyl sites for hydroxylation is 1. The highest BCUT2D eigenvalue weighted by molar-refractivity contribution is 5.48. The molecule has 1 aromatic heterocycles. The molecule has 2 rings (SSSR count). The van der Waals surface area contributed by atoms with Crippen LogP contribution in [0.2, 0.25) is 0 Å². The largest absolute Gasteiger partial charge is 0.385 e. The Hall–Kier alpha value is -1.09. The van der Waals surface area contributed by atoms with E-state index in [1.54, 1.807) is 0 Å². The van der Waals surface area contributed by atoms with Crippen LogP contribution in [0.25, 0.3) is 0 Å². The van der Waals surface area contributed by atoms with Gasteiger partial charge in [0.25, 0.3) is 0 Å². The molecule has 0 aliphatic carbocycles. The molecule has 0 aromatic carbocycles. The summed E-state index contributed by atoms with van der Waals surface area (Å²) >= 11 is 0. The molecule has 1 atom stereocenters. The summed E-state index contributed by atoms with van der Waals surface area (Å²) in [5, 5.41) is 6.87. The summed E-state index contributed by atoms with van der Waals surface area (Å²) in [5.41, 5.74) is 2.44. The second-order valence-electron chi connectivity index (χ2n) is 4.26. The van der Waals surface area contributed by atoms with Crippen molar-refractivity contribution in [2.24, 2.45) is 5.92 Å². The fraction of sp³-hybridized carbons (Fsp3) is 0.583. The van der Waals surface area contributed by atoms with Gasteiger partial charge in [0.15, 0.2) is 0 Å². The van der Waals surface area contributed by atoms with Crippen molar-refractivity contribution >= 4 is 5.69 Å². The number of hydrogen-bond acceptors (Lipinski definition) is 3. The summed E-state index contributed by atoms with van der Waals surface area (Å²) in [6.07, 6.45) is 6.33. The molecule has 0 radical (unpaired) electrons. The molecule has 1 saturated heterocycles. The first-order valence-corrected chi connectivity index (χ1v) is 5.71. The minimum absolute atomic E-state index is 0.861. The number of anilines is 1. The van der Waals surface area contributed by atoms with E-state index in [4.69, 9.17) is 0 Å². The lowest BCUT2D eigenvalue weighted by Crippen LogP contribution is -2.13. The van der Waals surface area contributed by atoms with Crippen molar-refractivity contribution in [1.29, 1.82) is 0 Å². The minimum Gasteiger partial charge on any atom is -0.385 e. The highest BCUT2D eigenvalue weighted by Gasteiger charge is 2.13. The van der Waals surface area contributed by atoms with Crippen LogP contribution < -0.4 is 10.6 Å². The average molecular weight is 205 g/mol. The highest BCUT2D eigenvalue weighted by Crippen LogP contribution is 2.15. The molecule has 2 heterocycles. The van der Waals surface area contributed by atoms with Gasteiger partial charge in [-0.2, -0.15) is 0 Å². The first kappa shape index (κ1) is 10.4. The van der Waals surface area contributed by atoms with Crippen molar-refractivity contribution in [1.82, 2.24) is 10.3 Å². The zero-order chi connectivity index (χ0) is 10.5. The molecular weight excluding hydrogens is 186 g/mol. The molecule has 0 amide bonds. The lowest BCUT2D eigenvalue weighted by Gasteiger charge is -2.11. The molecule has 1 aliphatic rings. The van der Waals surface area contributed by atoms with Gasteiger partial charge in [0.05, 0.1) is 0 Å². The predicted molar refractivity (Wildman–Crippen MR) is 63.1 cm³/mol. The number of nitrogens with zero attached hydrogens (tertiary/aromatic N) is 1. The fourth-order valence-electron chi connectivity index (χ4n) is 2.04. The molecule has 0 spiro atoms. The summed E-state index contributed by atoms with van der Waals surface area (Å²) in [6, 6.07) is 2.04. The summed E-state index contributed by atoms with van der Waals surface area (Å²) in [5.74, 6) is 0.861. The first-order valence-electron chi connectivity index (χ1n) is 5.71. The number of aromatic nitrogens is 1. The Bertz CT molecular complexity index is 305. The van der Waals surface area contributed by atoms with E-state index in [9.17, 15) is 0 Å². The van der Waals surface area contributed by atoms with Gasteiger partial charge in [-0.3, -0.25) is 4.98 Å². The van der Waals surface area contributed by atoms with E-state index >= 15 is 0 Å². The van der Waals surface area contributed by atoms with Gasteiger partial charge in [-0.25, -0.2) is 0 Å². The molecule has 1 aromatic rings. The van der Waals surface area contributed by atoms with Crippen LogP contribution >= 0.6 is 0 Å². The Morgan fingerprint density at radius 1 is 1.60 bits per heavy atom. The normalized spacial score (nSPS) is 20.5. The summed E-state index contributed by atoms with van der Waals surface area (Å²) in [4.78, 5) is 4.08. The molecule has 3 nitrogen and oxygen atoms in total. The predicted octanol–water partition coefficient (Wildman–Crippen LogP) is 1.80. The van der Waals surface area contributed by atoms with E-state index in [0.717, 1.165) is 12.5 Å². The van der Waals surface area contributed by atoms with Gasteiger partial charge in [-0.1, -0.05) is 0 Å². The minimum atomic E-state index is 0.861. The molecule has 1 aliphatic heterocycles. The van der Waals surface area contributed by atoms with Crippen LogP contribution in [0.3, 0.4) is 0 Å². The standard InChI is InChI=1S/C12H19N3/c1-10-8-13-6-4-12(10)15-7-3-11-2-5-14-9-11/h4,6,8,11,14H,2-3,5,7,9H2,1H3,(H,13,15). The highest BCUT2D eigenvalue weighted by atomic mass is 14.9. The lowest BCUT2D eigenvalue weighted by atomic mass is 10.1. The summed E-state index contributed by atoms with van der Waals surface area (Å²) in [6.45, 7) is 5.54. The summed E-state index contributed by atoms with van der Waals surface area (Å²) in [7, 11) is 0. The van der Waals surface area contributed by atoms with Gasteiger partial charge in [-0.15, -0.1) is 0 Å². The van der Waals surface area contributed by atoms with Crippen molar-refractivity contribution in [3.8, 4) is 0 Å². The van der Waals surface area contributed by atoms with Crippen LogP contribution in [0.5, 0.6) is 0 Å². The number of hydrogen-bond donors (Lipinski definition) is 2. The van der Waals surface area contributed by atoms with Gasteiger partial charge in [-0.05, 0) is 50.4 Å². The second-order valence-corrected chi connectivity index (χ2v) is 4.26. The van der Waals surface area contributed by atoms with Crippen molar-refractivity contribution in [3.63, 3.8) is 0 Å². The number of rotatable bonds is 4. The molecule has 2 N–H and O–H groups in total. The SMILES string of the molecule is Cc1cnccc1NCCC1CCNC1. The fourth-order valence-corrected chi connectivity index (χ4v) is 2.04. The molecule has 1 unspecified atom stereocenters. The van der Waals surface area contributed by atoms with Crippen LogP contribution in [0.1, 0.15) is 18.4 Å². The molecular formula is C12H19N3. The maximum Gasteiger partial charge on any atom is 0.0400 e. The maximum atomic E-state index is 4.08. The third-order valence-corrected chi connectivity index (χ3v) is 3.05. The molecule has 82 valence electrons. The Balaban J connectivity index is 1.75. The Labute approximate surface area is 91.3 Å². The summed E-state index contributed by atoms with van der Waals surface area (Å²) < 4.78 is 0.